The van der Waals surface area contributed by atoms with E-state index in [4.69, 9.17) is 17.3 Å². The Balaban J connectivity index is 0.00000289. The number of hydrogen-bond donors (Lipinski definition) is 2. The molecule has 1 aliphatic rings. The number of rotatable bonds is 6. The number of aromatic nitrogens is 2. The van der Waals surface area contributed by atoms with Gasteiger partial charge in [0.15, 0.2) is 0 Å². The van der Waals surface area contributed by atoms with E-state index in [-0.39, 0.29) is 30.2 Å². The van der Waals surface area contributed by atoms with E-state index in [1.165, 1.54) is 29.9 Å². The van der Waals surface area contributed by atoms with E-state index in [1.54, 1.807) is 24.3 Å². The van der Waals surface area contributed by atoms with Gasteiger partial charge in [0, 0.05) is 48.0 Å². The molecule has 4 rings (SSSR count). The largest absolute Gasteiger partial charge is 0.487 e. The molecule has 3 aromatic rings. The summed E-state index contributed by atoms with van der Waals surface area (Å²) in [4.78, 5) is 17.9. The van der Waals surface area contributed by atoms with Crippen LogP contribution in [-0.2, 0) is 0 Å². The molecule has 3 heterocycles. The van der Waals surface area contributed by atoms with Gasteiger partial charge in [0.2, 0.25) is 5.91 Å². The van der Waals surface area contributed by atoms with Crippen LogP contribution in [0.3, 0.4) is 0 Å². The molecule has 2 atom stereocenters. The minimum Gasteiger partial charge on any atom is -0.420 e. The molecule has 32 heavy (non-hydrogen) atoms. The summed E-state index contributed by atoms with van der Waals surface area (Å²) >= 11 is 6.22. The van der Waals surface area contributed by atoms with Gasteiger partial charge in [-0.1, -0.05) is 12.1 Å². The number of hydrogen-bond acceptors (Lipinski definition) is 7. The van der Waals surface area contributed by atoms with Crippen LogP contribution in [0.1, 0.15) is 33.6 Å². The lowest BCUT2D eigenvalue weighted by Gasteiger charge is -2.41. The predicted octanol–water partition coefficient (Wildman–Crippen LogP) is 4.12. The number of piperazine rings is 1. The maximum Gasteiger partial charge on any atom is 0.487 e. The number of ether oxygens (including phenoxy) is 1. The first-order valence-corrected chi connectivity index (χ1v) is 10.5. The Morgan fingerprint density at radius 1 is 1.22 bits per heavy atom. The number of nitrogens with two attached hydrogens (primary N) is 1. The number of nitrogens with zero attached hydrogens (tertiary/aromatic N) is 3. The monoisotopic (exact) mass is 501 g/mol. The summed E-state index contributed by atoms with van der Waals surface area (Å²) in [5.41, 5.74) is 3.81. The molecule has 2 unspecified atom stereocenters. The van der Waals surface area contributed by atoms with Gasteiger partial charge in [0.05, 0.1) is 17.6 Å². The molecular weight excluding hydrogens is 483 g/mol. The van der Waals surface area contributed by atoms with Gasteiger partial charge in [-0.25, -0.2) is 9.36 Å². The molecule has 0 radical (unpaired) electrons. The minimum absolute atomic E-state index is 0. The van der Waals surface area contributed by atoms with Crippen molar-refractivity contribution >= 4 is 47.3 Å². The Morgan fingerprint density at radius 3 is 2.53 bits per heavy atom. The van der Waals surface area contributed by atoms with Crippen LogP contribution in [0.15, 0.2) is 54.2 Å². The molecule has 1 saturated heterocycles. The zero-order chi connectivity index (χ0) is 22.0. The zero-order valence-corrected chi connectivity index (χ0v) is 18.8. The molecule has 7 nitrogen and oxygen atoms in total. The van der Waals surface area contributed by atoms with Crippen molar-refractivity contribution in [3.8, 4) is 5.75 Å². The number of alkyl halides is 3. The van der Waals surface area contributed by atoms with Crippen molar-refractivity contribution in [2.45, 2.75) is 17.7 Å². The summed E-state index contributed by atoms with van der Waals surface area (Å²) in [5, 5.41) is 5.49. The van der Waals surface area contributed by atoms with Crippen LogP contribution in [0, 0.1) is 0 Å². The van der Waals surface area contributed by atoms with Crippen LogP contribution in [0.4, 0.5) is 14.6 Å². The van der Waals surface area contributed by atoms with Crippen LogP contribution < -0.4 is 20.7 Å². The second-order valence-corrected chi connectivity index (χ2v) is 8.07. The first-order valence-electron chi connectivity index (χ1n) is 9.31. The standard InChI is InChI=1S/C20H18ClF2N5O2S.ClH/c21-20(22,23)30-15-4-1-12(2-5-15)17-9-25-16(14-8-27-31-11-14)10-28(17)18-6-3-13(7-26-18)19(24)29;/h1-8,11,16-17,25H,9-10H2,(H2,24,29);1H. The highest BCUT2D eigenvalue weighted by atomic mass is 35.5. The lowest BCUT2D eigenvalue weighted by atomic mass is 9.98. The number of amides is 1. The zero-order valence-electron chi connectivity index (χ0n) is 16.5. The third-order valence-corrected chi connectivity index (χ3v) is 5.67. The number of halogens is 4. The quantitative estimate of drug-likeness (QED) is 0.493. The number of pyridine rings is 1. The van der Waals surface area contributed by atoms with Gasteiger partial charge in [0.25, 0.3) is 0 Å². The number of carbonyl (C=O) groups is 1. The lowest BCUT2D eigenvalue weighted by Crippen LogP contribution is -2.48. The van der Waals surface area contributed by atoms with Crippen LogP contribution in [0.2, 0.25) is 0 Å². The van der Waals surface area contributed by atoms with Crippen molar-refractivity contribution in [3.63, 3.8) is 0 Å². The number of benzene rings is 1. The fraction of sp³-hybridized carbons (Fsp3) is 0.250. The first-order chi connectivity index (χ1) is 14.8. The maximum atomic E-state index is 12.9. The maximum absolute atomic E-state index is 12.9. The van der Waals surface area contributed by atoms with Crippen LogP contribution in [-0.4, -0.2) is 33.9 Å². The molecule has 170 valence electrons. The average Bonchev–Trinajstić information content (AvgIpc) is 3.28. The second-order valence-electron chi connectivity index (χ2n) is 6.97. The van der Waals surface area contributed by atoms with Crippen molar-refractivity contribution in [2.24, 2.45) is 5.73 Å². The summed E-state index contributed by atoms with van der Waals surface area (Å²) in [5.74, 6) is 0.0763. The van der Waals surface area contributed by atoms with Gasteiger partial charge in [-0.15, -0.1) is 21.2 Å². The number of anilines is 1. The summed E-state index contributed by atoms with van der Waals surface area (Å²) in [7, 11) is 0. The van der Waals surface area contributed by atoms with Gasteiger partial charge in [-0.05, 0) is 41.4 Å². The molecule has 1 aliphatic heterocycles. The van der Waals surface area contributed by atoms with E-state index in [0.29, 0.717) is 24.5 Å². The minimum atomic E-state index is -3.77. The lowest BCUT2D eigenvalue weighted by molar-refractivity contribution is -0.0964. The highest BCUT2D eigenvalue weighted by Crippen LogP contribution is 2.34. The number of nitrogens with one attached hydrogen (secondary N) is 1. The summed E-state index contributed by atoms with van der Waals surface area (Å²) in [6.45, 7) is 1.16. The SMILES string of the molecule is Cl.NC(=O)c1ccc(N2CC(c3cnsc3)NCC2c2ccc(OC(F)(F)Cl)cc2)nc1. The third kappa shape index (κ3) is 5.63. The van der Waals surface area contributed by atoms with Crippen LogP contribution in [0.5, 0.6) is 5.75 Å². The van der Waals surface area contributed by atoms with Gasteiger partial charge in [-0.3, -0.25) is 4.79 Å². The van der Waals surface area contributed by atoms with Crippen LogP contribution in [0.25, 0.3) is 0 Å². The molecule has 12 heteroatoms. The van der Waals surface area contributed by atoms with Crippen molar-refractivity contribution < 1.29 is 18.3 Å². The van der Waals surface area contributed by atoms with Gasteiger partial charge in [0.1, 0.15) is 11.6 Å². The molecule has 1 amide bonds. The smallest absolute Gasteiger partial charge is 0.420 e. The molecular formula is C20H19Cl2F2N5O2S. The Labute approximate surface area is 198 Å². The van der Waals surface area contributed by atoms with Crippen LogP contribution >= 0.6 is 35.5 Å². The normalized spacial score (nSPS) is 18.7. The molecule has 0 aliphatic carbocycles. The Kier molecular flexibility index (Phi) is 7.50. The van der Waals surface area contributed by atoms with Crippen molar-refractivity contribution in [3.05, 3.63) is 70.9 Å². The molecule has 0 bridgehead atoms. The highest BCUT2D eigenvalue weighted by Gasteiger charge is 2.32. The van der Waals surface area contributed by atoms with E-state index < -0.39 is 11.5 Å². The van der Waals surface area contributed by atoms with E-state index in [9.17, 15) is 13.6 Å². The Bertz CT molecular complexity index is 1030. The first kappa shape index (κ1) is 24.1. The molecule has 3 N–H and O–H groups in total. The number of carbonyl (C=O) groups excluding carboxylic acids is 1. The summed E-state index contributed by atoms with van der Waals surface area (Å²) in [6, 6.07) is 9.58. The van der Waals surface area contributed by atoms with Crippen molar-refractivity contribution in [1.82, 2.24) is 14.7 Å². The molecule has 0 saturated carbocycles. The summed E-state index contributed by atoms with van der Waals surface area (Å²) < 4.78 is 34.4. The predicted molar refractivity (Wildman–Crippen MR) is 121 cm³/mol. The Morgan fingerprint density at radius 2 is 1.97 bits per heavy atom. The topological polar surface area (TPSA) is 93.4 Å². The third-order valence-electron chi connectivity index (χ3n) is 4.99. The summed E-state index contributed by atoms with van der Waals surface area (Å²) in [6.07, 6.45) is 3.26. The van der Waals surface area contributed by atoms with E-state index in [1.807, 2.05) is 11.6 Å². The highest BCUT2D eigenvalue weighted by molar-refractivity contribution is 7.03. The molecule has 2 aromatic heterocycles. The fourth-order valence-electron chi connectivity index (χ4n) is 3.51. The van der Waals surface area contributed by atoms with E-state index in [2.05, 4.69) is 24.3 Å². The number of primary amides is 1. The van der Waals surface area contributed by atoms with Crippen molar-refractivity contribution in [2.75, 3.05) is 18.0 Å². The Hall–Kier alpha value is -2.53. The molecule has 1 aromatic carbocycles. The average molecular weight is 502 g/mol. The van der Waals surface area contributed by atoms with E-state index >= 15 is 0 Å². The van der Waals surface area contributed by atoms with Gasteiger partial charge in [-0.2, -0.15) is 0 Å². The fourth-order valence-corrected chi connectivity index (χ4v) is 4.18. The molecule has 0 spiro atoms. The second kappa shape index (κ2) is 9.95. The van der Waals surface area contributed by atoms with Crippen molar-refractivity contribution in [1.29, 1.82) is 0 Å². The van der Waals surface area contributed by atoms with Gasteiger partial charge < -0.3 is 20.7 Å². The van der Waals surface area contributed by atoms with Gasteiger partial charge >= 0.3 is 5.57 Å². The molecule has 1 fully saturated rings. The van der Waals surface area contributed by atoms with E-state index in [0.717, 1.165) is 11.1 Å².